The molecular weight excluding hydrogens is 358 g/mol. The average Bonchev–Trinajstić information content (AvgIpc) is 2.35. The monoisotopic (exact) mass is 370 g/mol. The summed E-state index contributed by atoms with van der Waals surface area (Å²) in [4.78, 5) is 11.9. The molecule has 0 saturated carbocycles. The van der Waals surface area contributed by atoms with Gasteiger partial charge in [0.05, 0.1) is 10.6 Å². The van der Waals surface area contributed by atoms with Crippen molar-refractivity contribution in [3.05, 3.63) is 33.0 Å². The zero-order chi connectivity index (χ0) is 13.1. The van der Waals surface area contributed by atoms with Crippen molar-refractivity contribution in [1.29, 1.82) is 0 Å². The number of halogens is 4. The number of hydrogen-bond acceptors (Lipinski definition) is 2. The van der Waals surface area contributed by atoms with Gasteiger partial charge in [-0.1, -0.05) is 11.6 Å². The second kappa shape index (κ2) is 7.43. The van der Waals surface area contributed by atoms with Gasteiger partial charge < -0.3 is 10.6 Å². The van der Waals surface area contributed by atoms with Crippen LogP contribution in [0.25, 0.3) is 0 Å². The Morgan fingerprint density at radius 1 is 1.53 bits per heavy atom. The van der Waals surface area contributed by atoms with Crippen LogP contribution in [0.2, 0.25) is 5.02 Å². The van der Waals surface area contributed by atoms with E-state index in [1.54, 1.807) is 0 Å². The fraction of sp³-hybridized carbons (Fsp3) is 0.417. The molecule has 1 aliphatic heterocycles. The lowest BCUT2D eigenvalue weighted by Crippen LogP contribution is -2.45. The van der Waals surface area contributed by atoms with Crippen LogP contribution in [0.15, 0.2) is 16.6 Å². The predicted octanol–water partition coefficient (Wildman–Crippen LogP) is 3.15. The van der Waals surface area contributed by atoms with Crippen molar-refractivity contribution in [2.24, 2.45) is 0 Å². The predicted molar refractivity (Wildman–Crippen MR) is 79.7 cm³/mol. The first-order valence-corrected chi connectivity index (χ1v) is 6.91. The summed E-state index contributed by atoms with van der Waals surface area (Å²) in [6.07, 6.45) is 1.92. The van der Waals surface area contributed by atoms with Crippen LogP contribution in [-0.2, 0) is 0 Å². The average molecular weight is 372 g/mol. The molecule has 2 rings (SSSR count). The maximum Gasteiger partial charge on any atom is 0.254 e. The SMILES string of the molecule is Cl.O=C(NC1CCCNC1)c1cc(Cl)c(Br)cc1F. The number of hydrogen-bond donors (Lipinski definition) is 2. The van der Waals surface area contributed by atoms with Gasteiger partial charge in [-0.2, -0.15) is 0 Å². The minimum Gasteiger partial charge on any atom is -0.348 e. The molecule has 1 fully saturated rings. The Morgan fingerprint density at radius 2 is 2.26 bits per heavy atom. The molecule has 3 nitrogen and oxygen atoms in total. The molecule has 0 spiro atoms. The van der Waals surface area contributed by atoms with Crippen molar-refractivity contribution in [3.63, 3.8) is 0 Å². The smallest absolute Gasteiger partial charge is 0.254 e. The molecule has 1 saturated heterocycles. The number of carbonyl (C=O) groups excluding carboxylic acids is 1. The zero-order valence-electron chi connectivity index (χ0n) is 10.0. The highest BCUT2D eigenvalue weighted by Crippen LogP contribution is 2.25. The molecule has 0 aliphatic carbocycles. The third kappa shape index (κ3) is 4.31. The van der Waals surface area contributed by atoms with E-state index in [-0.39, 0.29) is 24.0 Å². The van der Waals surface area contributed by atoms with Gasteiger partial charge >= 0.3 is 0 Å². The summed E-state index contributed by atoms with van der Waals surface area (Å²) < 4.78 is 14.1. The van der Waals surface area contributed by atoms with Gasteiger partial charge in [0.15, 0.2) is 0 Å². The number of amides is 1. The lowest BCUT2D eigenvalue weighted by molar-refractivity contribution is 0.0926. The highest BCUT2D eigenvalue weighted by atomic mass is 79.9. The van der Waals surface area contributed by atoms with Crippen LogP contribution >= 0.6 is 39.9 Å². The molecular formula is C12H14BrCl2FN2O. The molecule has 0 radical (unpaired) electrons. The second-order valence-electron chi connectivity index (χ2n) is 4.26. The lowest BCUT2D eigenvalue weighted by Gasteiger charge is -2.23. The Hall–Kier alpha value is -0.360. The first-order valence-electron chi connectivity index (χ1n) is 5.74. The van der Waals surface area contributed by atoms with Gasteiger partial charge in [0, 0.05) is 17.1 Å². The van der Waals surface area contributed by atoms with Crippen molar-refractivity contribution in [3.8, 4) is 0 Å². The first-order chi connectivity index (χ1) is 8.58. The summed E-state index contributed by atoms with van der Waals surface area (Å²) in [6.45, 7) is 1.68. The van der Waals surface area contributed by atoms with E-state index < -0.39 is 11.7 Å². The lowest BCUT2D eigenvalue weighted by atomic mass is 10.1. The van der Waals surface area contributed by atoms with Crippen molar-refractivity contribution in [2.75, 3.05) is 13.1 Å². The summed E-state index contributed by atoms with van der Waals surface area (Å²) in [5.74, 6) is -0.997. The van der Waals surface area contributed by atoms with Crippen molar-refractivity contribution >= 4 is 45.8 Å². The van der Waals surface area contributed by atoms with Crippen LogP contribution in [0.5, 0.6) is 0 Å². The molecule has 1 aromatic carbocycles. The highest BCUT2D eigenvalue weighted by molar-refractivity contribution is 9.10. The molecule has 1 aromatic rings. The fourth-order valence-corrected chi connectivity index (χ4v) is 2.41. The summed E-state index contributed by atoms with van der Waals surface area (Å²) in [6, 6.07) is 2.59. The third-order valence-electron chi connectivity index (χ3n) is 2.89. The van der Waals surface area contributed by atoms with E-state index in [2.05, 4.69) is 26.6 Å². The van der Waals surface area contributed by atoms with E-state index in [4.69, 9.17) is 11.6 Å². The van der Waals surface area contributed by atoms with Gasteiger partial charge in [0.1, 0.15) is 5.82 Å². The molecule has 1 unspecified atom stereocenters. The van der Waals surface area contributed by atoms with E-state index in [0.29, 0.717) is 9.50 Å². The third-order valence-corrected chi connectivity index (χ3v) is 4.08. The van der Waals surface area contributed by atoms with Crippen LogP contribution in [0.4, 0.5) is 4.39 Å². The summed E-state index contributed by atoms with van der Waals surface area (Å²) in [5, 5.41) is 6.31. The normalized spacial score (nSPS) is 18.6. The molecule has 0 bridgehead atoms. The Morgan fingerprint density at radius 3 is 2.89 bits per heavy atom. The fourth-order valence-electron chi connectivity index (χ4n) is 1.93. The van der Waals surface area contributed by atoms with Gasteiger partial charge in [0.2, 0.25) is 0 Å². The van der Waals surface area contributed by atoms with Crippen LogP contribution in [0.3, 0.4) is 0 Å². The molecule has 1 atom stereocenters. The topological polar surface area (TPSA) is 41.1 Å². The second-order valence-corrected chi connectivity index (χ2v) is 5.52. The van der Waals surface area contributed by atoms with Crippen LogP contribution in [0, 0.1) is 5.82 Å². The Kier molecular flexibility index (Phi) is 6.53. The molecule has 2 N–H and O–H groups in total. The molecule has 0 aromatic heterocycles. The largest absolute Gasteiger partial charge is 0.348 e. The van der Waals surface area contributed by atoms with E-state index in [1.807, 2.05) is 0 Å². The molecule has 1 amide bonds. The zero-order valence-corrected chi connectivity index (χ0v) is 13.2. The molecule has 1 heterocycles. The quantitative estimate of drug-likeness (QED) is 0.784. The van der Waals surface area contributed by atoms with Gasteiger partial charge in [-0.15, -0.1) is 12.4 Å². The van der Waals surface area contributed by atoms with Crippen molar-refractivity contribution < 1.29 is 9.18 Å². The maximum atomic E-state index is 13.7. The highest BCUT2D eigenvalue weighted by Gasteiger charge is 2.19. The summed E-state index contributed by atoms with van der Waals surface area (Å²) in [5.41, 5.74) is -0.0197. The number of rotatable bonds is 2. The van der Waals surface area contributed by atoms with Gasteiger partial charge in [-0.3, -0.25) is 4.79 Å². The summed E-state index contributed by atoms with van der Waals surface area (Å²) >= 11 is 8.98. The summed E-state index contributed by atoms with van der Waals surface area (Å²) in [7, 11) is 0. The van der Waals surface area contributed by atoms with Gasteiger partial charge in [-0.25, -0.2) is 4.39 Å². The van der Waals surface area contributed by atoms with Crippen molar-refractivity contribution in [1.82, 2.24) is 10.6 Å². The first kappa shape index (κ1) is 16.7. The number of piperidine rings is 1. The maximum absolute atomic E-state index is 13.7. The van der Waals surface area contributed by atoms with Gasteiger partial charge in [-0.05, 0) is 47.4 Å². The number of nitrogens with one attached hydrogen (secondary N) is 2. The molecule has 106 valence electrons. The Balaban J connectivity index is 0.00000180. The van der Waals surface area contributed by atoms with Crippen LogP contribution < -0.4 is 10.6 Å². The Labute approximate surface area is 130 Å². The standard InChI is InChI=1S/C12H13BrClFN2O.ClH/c13-9-5-11(15)8(4-10(9)14)12(18)17-7-2-1-3-16-6-7;/h4-5,7,16H,1-3,6H2,(H,17,18);1H. The van der Waals surface area contributed by atoms with E-state index in [9.17, 15) is 9.18 Å². The number of benzene rings is 1. The molecule has 7 heteroatoms. The minimum atomic E-state index is -0.576. The van der Waals surface area contributed by atoms with E-state index >= 15 is 0 Å². The van der Waals surface area contributed by atoms with Crippen LogP contribution in [0.1, 0.15) is 23.2 Å². The van der Waals surface area contributed by atoms with Crippen molar-refractivity contribution in [2.45, 2.75) is 18.9 Å². The van der Waals surface area contributed by atoms with Crippen LogP contribution in [-0.4, -0.2) is 25.0 Å². The molecule has 1 aliphatic rings. The van der Waals surface area contributed by atoms with E-state index in [1.165, 1.54) is 12.1 Å². The minimum absolute atomic E-state index is 0. The van der Waals surface area contributed by atoms with Gasteiger partial charge in [0.25, 0.3) is 5.91 Å². The number of carbonyl (C=O) groups is 1. The Bertz CT molecular complexity index is 467. The molecule has 19 heavy (non-hydrogen) atoms. The van der Waals surface area contributed by atoms with E-state index in [0.717, 1.165) is 25.9 Å².